The minimum Gasteiger partial charge on any atom is -0.481 e. The Labute approximate surface area is 152 Å². The number of rotatable bonds is 4. The Morgan fingerprint density at radius 3 is 2.62 bits per heavy atom. The van der Waals surface area contributed by atoms with Gasteiger partial charge in [0.2, 0.25) is 5.88 Å². The van der Waals surface area contributed by atoms with Gasteiger partial charge < -0.3 is 15.0 Å². The number of hydrogen-bond acceptors (Lipinski definition) is 4. The van der Waals surface area contributed by atoms with Crippen LogP contribution in [0.25, 0.3) is 10.8 Å². The summed E-state index contributed by atoms with van der Waals surface area (Å²) in [5.74, 6) is 0.224. The van der Waals surface area contributed by atoms with Crippen molar-refractivity contribution in [1.29, 1.82) is 0 Å². The van der Waals surface area contributed by atoms with Crippen molar-refractivity contribution in [3.05, 3.63) is 60.3 Å². The van der Waals surface area contributed by atoms with E-state index in [0.717, 1.165) is 35.2 Å². The maximum Gasteiger partial charge on any atom is 0.274 e. The molecule has 2 aromatic carbocycles. The number of fused-ring (bicyclic) bond motifs is 1. The second-order valence-corrected chi connectivity index (χ2v) is 6.40. The Bertz CT molecular complexity index is 949. The van der Waals surface area contributed by atoms with E-state index < -0.39 is 0 Å². The molecule has 5 heteroatoms. The summed E-state index contributed by atoms with van der Waals surface area (Å²) in [5.41, 5.74) is 2.22. The van der Waals surface area contributed by atoms with Crippen LogP contribution in [0.2, 0.25) is 0 Å². The van der Waals surface area contributed by atoms with Crippen LogP contribution >= 0.6 is 0 Å². The molecule has 26 heavy (non-hydrogen) atoms. The molecule has 0 saturated carbocycles. The Morgan fingerprint density at radius 1 is 1.08 bits per heavy atom. The van der Waals surface area contributed by atoms with Gasteiger partial charge in [0.05, 0.1) is 18.5 Å². The zero-order valence-electron chi connectivity index (χ0n) is 14.7. The van der Waals surface area contributed by atoms with Crippen molar-refractivity contribution in [2.24, 2.45) is 0 Å². The molecular weight excluding hydrogens is 326 g/mol. The molecule has 1 aliphatic heterocycles. The molecule has 0 aliphatic carbocycles. The summed E-state index contributed by atoms with van der Waals surface area (Å²) >= 11 is 0. The molecule has 0 spiro atoms. The predicted molar refractivity (Wildman–Crippen MR) is 104 cm³/mol. The molecule has 1 aliphatic rings. The van der Waals surface area contributed by atoms with Crippen molar-refractivity contribution in [1.82, 2.24) is 4.98 Å². The number of nitrogens with one attached hydrogen (secondary N) is 1. The average Bonchev–Trinajstić information content (AvgIpc) is 3.22. The number of carbonyl (C=O) groups excluding carboxylic acids is 1. The predicted octanol–water partition coefficient (Wildman–Crippen LogP) is 4.10. The van der Waals surface area contributed by atoms with E-state index in [1.165, 1.54) is 12.8 Å². The third-order valence-corrected chi connectivity index (χ3v) is 4.73. The standard InChI is InChI=1S/C21H21N3O2/c1-26-21-16-9-3-2-8-15(16)14-18(23-21)20(25)22-17-10-4-5-11-19(17)24-12-6-7-13-24/h2-5,8-11,14H,6-7,12-13H2,1H3,(H,22,25). The van der Waals surface area contributed by atoms with Gasteiger partial charge >= 0.3 is 0 Å². The van der Waals surface area contributed by atoms with Crippen LogP contribution in [0.5, 0.6) is 5.88 Å². The first-order valence-electron chi connectivity index (χ1n) is 8.85. The number of carbonyl (C=O) groups is 1. The van der Waals surface area contributed by atoms with Crippen LogP contribution in [0.4, 0.5) is 11.4 Å². The number of pyridine rings is 1. The summed E-state index contributed by atoms with van der Waals surface area (Å²) in [7, 11) is 1.57. The molecular formula is C21H21N3O2. The molecule has 1 saturated heterocycles. The highest BCUT2D eigenvalue weighted by atomic mass is 16.5. The monoisotopic (exact) mass is 347 g/mol. The fourth-order valence-corrected chi connectivity index (χ4v) is 3.44. The van der Waals surface area contributed by atoms with Crippen molar-refractivity contribution in [2.75, 3.05) is 30.4 Å². The van der Waals surface area contributed by atoms with Gasteiger partial charge in [-0.05, 0) is 42.5 Å². The van der Waals surface area contributed by atoms with Crippen LogP contribution in [-0.2, 0) is 0 Å². The minimum absolute atomic E-state index is 0.235. The summed E-state index contributed by atoms with van der Waals surface area (Å²) in [6, 6.07) is 17.5. The molecule has 0 unspecified atom stereocenters. The summed E-state index contributed by atoms with van der Waals surface area (Å²) in [6.07, 6.45) is 2.37. The molecule has 132 valence electrons. The molecule has 3 aromatic rings. The quantitative estimate of drug-likeness (QED) is 0.772. The van der Waals surface area contributed by atoms with Crippen molar-refractivity contribution < 1.29 is 9.53 Å². The van der Waals surface area contributed by atoms with Gasteiger partial charge in [0.1, 0.15) is 5.69 Å². The Kier molecular flexibility index (Phi) is 4.44. The van der Waals surface area contributed by atoms with Gasteiger partial charge in [-0.2, -0.15) is 0 Å². The Balaban J connectivity index is 1.66. The van der Waals surface area contributed by atoms with E-state index >= 15 is 0 Å². The number of anilines is 2. The molecule has 2 heterocycles. The third kappa shape index (κ3) is 3.08. The van der Waals surface area contributed by atoms with Gasteiger partial charge in [-0.25, -0.2) is 4.98 Å². The lowest BCUT2D eigenvalue weighted by Gasteiger charge is -2.21. The van der Waals surface area contributed by atoms with Gasteiger partial charge in [0.25, 0.3) is 5.91 Å². The molecule has 1 aromatic heterocycles. The highest BCUT2D eigenvalue weighted by Crippen LogP contribution is 2.30. The molecule has 1 N–H and O–H groups in total. The van der Waals surface area contributed by atoms with E-state index in [0.29, 0.717) is 11.6 Å². The summed E-state index contributed by atoms with van der Waals surface area (Å²) in [5, 5.41) is 4.84. The Morgan fingerprint density at radius 2 is 1.81 bits per heavy atom. The van der Waals surface area contributed by atoms with Gasteiger partial charge in [0.15, 0.2) is 0 Å². The number of para-hydroxylation sites is 2. The van der Waals surface area contributed by atoms with Gasteiger partial charge in [-0.3, -0.25) is 4.79 Å². The third-order valence-electron chi connectivity index (χ3n) is 4.73. The van der Waals surface area contributed by atoms with Gasteiger partial charge in [0, 0.05) is 18.5 Å². The van der Waals surface area contributed by atoms with E-state index in [9.17, 15) is 4.79 Å². The fourth-order valence-electron chi connectivity index (χ4n) is 3.44. The van der Waals surface area contributed by atoms with E-state index in [4.69, 9.17) is 4.74 Å². The van der Waals surface area contributed by atoms with Crippen molar-refractivity contribution >= 4 is 28.1 Å². The first kappa shape index (κ1) is 16.4. The van der Waals surface area contributed by atoms with E-state index in [1.807, 2.05) is 42.5 Å². The number of methoxy groups -OCH3 is 1. The lowest BCUT2D eigenvalue weighted by molar-refractivity contribution is 0.102. The first-order valence-corrected chi connectivity index (χ1v) is 8.85. The molecule has 0 radical (unpaired) electrons. The fraction of sp³-hybridized carbons (Fsp3) is 0.238. The van der Waals surface area contributed by atoms with E-state index in [1.54, 1.807) is 13.2 Å². The number of hydrogen-bond donors (Lipinski definition) is 1. The minimum atomic E-state index is -0.235. The highest BCUT2D eigenvalue weighted by Gasteiger charge is 2.18. The molecule has 5 nitrogen and oxygen atoms in total. The lowest BCUT2D eigenvalue weighted by Crippen LogP contribution is -2.21. The number of ether oxygens (including phenoxy) is 1. The molecule has 0 bridgehead atoms. The first-order chi connectivity index (χ1) is 12.8. The number of nitrogens with zero attached hydrogens (tertiary/aromatic N) is 2. The summed E-state index contributed by atoms with van der Waals surface area (Å²) in [4.78, 5) is 19.5. The zero-order chi connectivity index (χ0) is 17.9. The van der Waals surface area contributed by atoms with Gasteiger partial charge in [-0.1, -0.05) is 30.3 Å². The molecule has 1 amide bonds. The largest absolute Gasteiger partial charge is 0.481 e. The second-order valence-electron chi connectivity index (χ2n) is 6.40. The van der Waals surface area contributed by atoms with Gasteiger partial charge in [-0.15, -0.1) is 0 Å². The summed E-state index contributed by atoms with van der Waals surface area (Å²) in [6.45, 7) is 2.05. The van der Waals surface area contributed by atoms with E-state index in [-0.39, 0.29) is 5.91 Å². The van der Waals surface area contributed by atoms with Crippen molar-refractivity contribution in [2.45, 2.75) is 12.8 Å². The average molecular weight is 347 g/mol. The van der Waals surface area contributed by atoms with Crippen LogP contribution in [0.3, 0.4) is 0 Å². The van der Waals surface area contributed by atoms with Crippen LogP contribution in [0, 0.1) is 0 Å². The topological polar surface area (TPSA) is 54.5 Å². The van der Waals surface area contributed by atoms with Crippen LogP contribution in [0.15, 0.2) is 54.6 Å². The number of amides is 1. The maximum absolute atomic E-state index is 12.8. The summed E-state index contributed by atoms with van der Waals surface area (Å²) < 4.78 is 5.37. The number of aromatic nitrogens is 1. The van der Waals surface area contributed by atoms with Crippen molar-refractivity contribution in [3.63, 3.8) is 0 Å². The highest BCUT2D eigenvalue weighted by molar-refractivity contribution is 6.07. The normalized spacial score (nSPS) is 13.8. The molecule has 0 atom stereocenters. The Hall–Kier alpha value is -3.08. The zero-order valence-corrected chi connectivity index (χ0v) is 14.7. The maximum atomic E-state index is 12.8. The molecule has 4 rings (SSSR count). The van der Waals surface area contributed by atoms with E-state index in [2.05, 4.69) is 21.3 Å². The van der Waals surface area contributed by atoms with Crippen LogP contribution in [-0.4, -0.2) is 31.1 Å². The second kappa shape index (κ2) is 7.04. The van der Waals surface area contributed by atoms with Crippen LogP contribution < -0.4 is 15.0 Å². The van der Waals surface area contributed by atoms with Crippen molar-refractivity contribution in [3.8, 4) is 5.88 Å². The smallest absolute Gasteiger partial charge is 0.274 e. The molecule has 1 fully saturated rings. The number of benzene rings is 2. The van der Waals surface area contributed by atoms with Crippen LogP contribution in [0.1, 0.15) is 23.3 Å². The SMILES string of the molecule is COc1nc(C(=O)Nc2ccccc2N2CCCC2)cc2ccccc12. The lowest BCUT2D eigenvalue weighted by atomic mass is 10.1.